The number of rotatable bonds is 3. The van der Waals surface area contributed by atoms with Crippen LogP contribution in [0.5, 0.6) is 5.75 Å². The number of carbonyl (C=O) groups excluding carboxylic acids is 1. The Balaban J connectivity index is 1.95. The summed E-state index contributed by atoms with van der Waals surface area (Å²) in [6, 6.07) is 15.9. The SMILES string of the molecule is Cc1ccc(OOC(=O)c2ccccc2)cc1. The number of hydrogen-bond donors (Lipinski definition) is 0. The summed E-state index contributed by atoms with van der Waals surface area (Å²) in [5.41, 5.74) is 1.58. The summed E-state index contributed by atoms with van der Waals surface area (Å²) >= 11 is 0. The van der Waals surface area contributed by atoms with E-state index in [1.807, 2.05) is 25.1 Å². The Morgan fingerprint density at radius 2 is 1.59 bits per heavy atom. The minimum absolute atomic E-state index is 0.458. The first-order valence-corrected chi connectivity index (χ1v) is 5.26. The average molecular weight is 228 g/mol. The number of carbonyl (C=O) groups is 1. The molecule has 0 fully saturated rings. The molecule has 3 nitrogen and oxygen atoms in total. The molecule has 0 radical (unpaired) electrons. The largest absolute Gasteiger partial charge is 0.386 e. The van der Waals surface area contributed by atoms with Gasteiger partial charge in [0.25, 0.3) is 0 Å². The van der Waals surface area contributed by atoms with Gasteiger partial charge in [0, 0.05) is 0 Å². The Morgan fingerprint density at radius 1 is 0.941 bits per heavy atom. The third kappa shape index (κ3) is 3.08. The van der Waals surface area contributed by atoms with Crippen LogP contribution >= 0.6 is 0 Å². The highest BCUT2D eigenvalue weighted by Gasteiger charge is 2.07. The highest BCUT2D eigenvalue weighted by molar-refractivity contribution is 5.88. The van der Waals surface area contributed by atoms with Crippen LogP contribution < -0.4 is 4.89 Å². The van der Waals surface area contributed by atoms with E-state index in [1.165, 1.54) is 0 Å². The van der Waals surface area contributed by atoms with Gasteiger partial charge in [-0.25, -0.2) is 9.68 Å². The Morgan fingerprint density at radius 3 is 2.24 bits per heavy atom. The second-order valence-electron chi connectivity index (χ2n) is 3.63. The lowest BCUT2D eigenvalue weighted by Gasteiger charge is -2.04. The van der Waals surface area contributed by atoms with E-state index < -0.39 is 5.97 Å². The fourth-order valence-electron chi connectivity index (χ4n) is 1.30. The van der Waals surface area contributed by atoms with Crippen molar-refractivity contribution in [2.24, 2.45) is 0 Å². The van der Waals surface area contributed by atoms with E-state index in [9.17, 15) is 4.79 Å². The molecule has 0 aromatic heterocycles. The first kappa shape index (κ1) is 11.2. The van der Waals surface area contributed by atoms with Gasteiger partial charge >= 0.3 is 5.97 Å². The topological polar surface area (TPSA) is 35.5 Å². The molecule has 17 heavy (non-hydrogen) atoms. The number of benzene rings is 2. The second-order valence-corrected chi connectivity index (χ2v) is 3.63. The molecule has 0 saturated heterocycles. The molecule has 0 heterocycles. The van der Waals surface area contributed by atoms with Crippen LogP contribution in [0.1, 0.15) is 15.9 Å². The third-order valence-electron chi connectivity index (χ3n) is 2.24. The molecule has 0 spiro atoms. The first-order valence-electron chi connectivity index (χ1n) is 5.26. The van der Waals surface area contributed by atoms with Crippen LogP contribution in [0.25, 0.3) is 0 Å². The van der Waals surface area contributed by atoms with Crippen molar-refractivity contribution in [1.82, 2.24) is 0 Å². The number of hydrogen-bond acceptors (Lipinski definition) is 3. The monoisotopic (exact) mass is 228 g/mol. The molecule has 0 N–H and O–H groups in total. The lowest BCUT2D eigenvalue weighted by atomic mass is 10.2. The summed E-state index contributed by atoms with van der Waals surface area (Å²) < 4.78 is 0. The van der Waals surface area contributed by atoms with Crippen LogP contribution in [0.3, 0.4) is 0 Å². The zero-order chi connectivity index (χ0) is 12.1. The predicted octanol–water partition coefficient (Wildman–Crippen LogP) is 3.15. The van der Waals surface area contributed by atoms with Crippen molar-refractivity contribution in [2.45, 2.75) is 6.92 Å². The standard InChI is InChI=1S/C14H12O3/c1-11-7-9-13(10-8-11)16-17-14(15)12-5-3-2-4-6-12/h2-10H,1H3. The molecule has 0 aliphatic rings. The molecule has 0 atom stereocenters. The minimum Gasteiger partial charge on any atom is -0.287 e. The molecule has 0 aliphatic carbocycles. The summed E-state index contributed by atoms with van der Waals surface area (Å²) in [5.74, 6) is -0.00828. The van der Waals surface area contributed by atoms with Crippen molar-refractivity contribution < 1.29 is 14.6 Å². The Bertz CT molecular complexity index is 489. The van der Waals surface area contributed by atoms with Crippen LogP contribution in [0.2, 0.25) is 0 Å². The van der Waals surface area contributed by atoms with Crippen LogP contribution in [0, 0.1) is 6.92 Å². The predicted molar refractivity (Wildman–Crippen MR) is 63.7 cm³/mol. The minimum atomic E-state index is -0.508. The number of aryl methyl sites for hydroxylation is 1. The summed E-state index contributed by atoms with van der Waals surface area (Å²) in [7, 11) is 0. The van der Waals surface area contributed by atoms with Gasteiger partial charge in [-0.2, -0.15) is 0 Å². The van der Waals surface area contributed by atoms with Crippen LogP contribution in [-0.2, 0) is 4.89 Å². The molecule has 0 bridgehead atoms. The van der Waals surface area contributed by atoms with E-state index >= 15 is 0 Å². The highest BCUT2D eigenvalue weighted by atomic mass is 17.2. The van der Waals surface area contributed by atoms with E-state index in [0.29, 0.717) is 11.3 Å². The second kappa shape index (κ2) is 5.16. The zero-order valence-corrected chi connectivity index (χ0v) is 9.42. The molecule has 0 unspecified atom stereocenters. The summed E-state index contributed by atoms with van der Waals surface area (Å²) in [6.07, 6.45) is 0. The maximum absolute atomic E-state index is 11.5. The smallest absolute Gasteiger partial charge is 0.287 e. The maximum Gasteiger partial charge on any atom is 0.386 e. The first-order chi connectivity index (χ1) is 8.25. The maximum atomic E-state index is 11.5. The van der Waals surface area contributed by atoms with Crippen LogP contribution in [-0.4, -0.2) is 5.97 Å². The molecular weight excluding hydrogens is 216 g/mol. The lowest BCUT2D eigenvalue weighted by molar-refractivity contribution is -0.149. The average Bonchev–Trinajstić information content (AvgIpc) is 2.39. The van der Waals surface area contributed by atoms with Gasteiger partial charge in [0.2, 0.25) is 0 Å². The molecule has 3 heteroatoms. The molecule has 2 rings (SSSR count). The normalized spacial score (nSPS) is 9.71. The van der Waals surface area contributed by atoms with E-state index in [0.717, 1.165) is 5.56 Å². The van der Waals surface area contributed by atoms with E-state index in [1.54, 1.807) is 36.4 Å². The van der Waals surface area contributed by atoms with Gasteiger partial charge in [0.05, 0.1) is 5.56 Å². The van der Waals surface area contributed by atoms with Crippen molar-refractivity contribution in [3.63, 3.8) is 0 Å². The molecule has 0 saturated carbocycles. The molecule has 0 aliphatic heterocycles. The zero-order valence-electron chi connectivity index (χ0n) is 9.42. The third-order valence-corrected chi connectivity index (χ3v) is 2.24. The van der Waals surface area contributed by atoms with Crippen molar-refractivity contribution in [3.8, 4) is 5.75 Å². The summed E-state index contributed by atoms with van der Waals surface area (Å²) in [5, 5.41) is 0. The van der Waals surface area contributed by atoms with Gasteiger partial charge in [-0.15, -0.1) is 0 Å². The summed E-state index contributed by atoms with van der Waals surface area (Å²) in [6.45, 7) is 1.97. The van der Waals surface area contributed by atoms with Crippen LogP contribution in [0.4, 0.5) is 0 Å². The van der Waals surface area contributed by atoms with Crippen LogP contribution in [0.15, 0.2) is 54.6 Å². The molecule has 86 valence electrons. The molecule has 0 amide bonds. The highest BCUT2D eigenvalue weighted by Crippen LogP contribution is 2.12. The van der Waals surface area contributed by atoms with Gasteiger partial charge in [-0.1, -0.05) is 35.9 Å². The van der Waals surface area contributed by atoms with Crippen molar-refractivity contribution in [2.75, 3.05) is 0 Å². The van der Waals surface area contributed by atoms with Gasteiger partial charge in [-0.3, -0.25) is 4.89 Å². The van der Waals surface area contributed by atoms with Gasteiger partial charge in [0.15, 0.2) is 5.75 Å². The Labute approximate surface area is 99.5 Å². The van der Waals surface area contributed by atoms with E-state index in [2.05, 4.69) is 0 Å². The lowest BCUT2D eigenvalue weighted by Crippen LogP contribution is -2.08. The van der Waals surface area contributed by atoms with Gasteiger partial charge < -0.3 is 0 Å². The van der Waals surface area contributed by atoms with E-state index in [4.69, 9.17) is 9.78 Å². The fraction of sp³-hybridized carbons (Fsp3) is 0.0714. The summed E-state index contributed by atoms with van der Waals surface area (Å²) in [4.78, 5) is 21.2. The molecule has 2 aromatic rings. The Hall–Kier alpha value is -2.29. The quantitative estimate of drug-likeness (QED) is 0.598. The fourth-order valence-corrected chi connectivity index (χ4v) is 1.30. The van der Waals surface area contributed by atoms with Gasteiger partial charge in [-0.05, 0) is 31.2 Å². The molecular formula is C14H12O3. The van der Waals surface area contributed by atoms with Crippen molar-refractivity contribution in [3.05, 3.63) is 65.7 Å². The molecule has 2 aromatic carbocycles. The Kier molecular flexibility index (Phi) is 3.40. The van der Waals surface area contributed by atoms with Gasteiger partial charge in [0.1, 0.15) is 0 Å². The van der Waals surface area contributed by atoms with E-state index in [-0.39, 0.29) is 0 Å². The van der Waals surface area contributed by atoms with Crippen molar-refractivity contribution in [1.29, 1.82) is 0 Å². The van der Waals surface area contributed by atoms with Crippen molar-refractivity contribution >= 4 is 5.97 Å².